The number of primary amides is 1. The van der Waals surface area contributed by atoms with E-state index in [1.165, 1.54) is 0 Å². The average molecular weight is 591 g/mol. The number of aliphatic imine (C=N–C) groups is 1. The van der Waals surface area contributed by atoms with Crippen molar-refractivity contribution in [3.8, 4) is 0 Å². The Balaban J connectivity index is 2.80. The Kier molecular flexibility index (Phi) is 18.2. The third-order valence-corrected chi connectivity index (χ3v) is 6.61. The molecule has 1 rings (SSSR count). The van der Waals surface area contributed by atoms with E-state index < -0.39 is 29.9 Å². The Hall–Kier alpha value is -3.75. The summed E-state index contributed by atoms with van der Waals surface area (Å²) in [6, 6.07) is 4.94. The Morgan fingerprint density at radius 3 is 1.90 bits per heavy atom. The van der Waals surface area contributed by atoms with Crippen LogP contribution < -0.4 is 50.4 Å². The molecule has 4 amide bonds. The lowest BCUT2D eigenvalue weighted by Gasteiger charge is -2.23. The minimum atomic E-state index is -0.829. The highest BCUT2D eigenvalue weighted by molar-refractivity contribution is 5.92. The molecule has 0 radical (unpaired) electrons. The van der Waals surface area contributed by atoms with Crippen molar-refractivity contribution in [3.05, 3.63) is 35.4 Å². The van der Waals surface area contributed by atoms with Crippen LogP contribution in [0.4, 0.5) is 0 Å². The van der Waals surface area contributed by atoms with Gasteiger partial charge in [-0.25, -0.2) is 4.99 Å². The fourth-order valence-electron chi connectivity index (χ4n) is 4.34. The van der Waals surface area contributed by atoms with Gasteiger partial charge in [-0.15, -0.1) is 0 Å². The average Bonchev–Trinajstić information content (AvgIpc) is 2.95. The zero-order chi connectivity index (χ0) is 31.3. The van der Waals surface area contributed by atoms with Gasteiger partial charge in [0.15, 0.2) is 5.96 Å². The predicted octanol–water partition coefficient (Wildman–Crippen LogP) is -1.67. The Morgan fingerprint density at radius 1 is 0.738 bits per heavy atom. The number of amides is 4. The van der Waals surface area contributed by atoms with Gasteiger partial charge in [0.25, 0.3) is 0 Å². The molecule has 0 bridgehead atoms. The number of hydrogen-bond donors (Lipinski definition) is 9. The molecule has 14 nitrogen and oxygen atoms in total. The molecular weight excluding hydrogens is 540 g/mol. The number of nitrogens with zero attached hydrogens (tertiary/aromatic N) is 1. The minimum absolute atomic E-state index is 0.0920. The van der Waals surface area contributed by atoms with Crippen LogP contribution in [-0.2, 0) is 32.1 Å². The smallest absolute Gasteiger partial charge is 0.243 e. The van der Waals surface area contributed by atoms with Gasteiger partial charge in [-0.1, -0.05) is 24.3 Å². The molecule has 236 valence electrons. The van der Waals surface area contributed by atoms with Crippen molar-refractivity contribution >= 4 is 29.6 Å². The summed E-state index contributed by atoms with van der Waals surface area (Å²) in [6.07, 6.45) is 4.93. The highest BCUT2D eigenvalue weighted by atomic mass is 16.2. The largest absolute Gasteiger partial charge is 0.370 e. The van der Waals surface area contributed by atoms with Crippen LogP contribution in [0.2, 0.25) is 0 Å². The van der Waals surface area contributed by atoms with Crippen molar-refractivity contribution in [1.29, 1.82) is 0 Å². The van der Waals surface area contributed by atoms with Gasteiger partial charge < -0.3 is 50.4 Å². The van der Waals surface area contributed by atoms with E-state index in [0.29, 0.717) is 84.0 Å². The summed E-state index contributed by atoms with van der Waals surface area (Å²) in [6.45, 7) is 1.60. The predicted molar refractivity (Wildman–Crippen MR) is 163 cm³/mol. The molecule has 0 saturated heterocycles. The van der Waals surface area contributed by atoms with E-state index in [1.54, 1.807) is 0 Å². The third kappa shape index (κ3) is 15.3. The second-order valence-corrected chi connectivity index (χ2v) is 10.2. The van der Waals surface area contributed by atoms with Crippen molar-refractivity contribution < 1.29 is 19.2 Å². The van der Waals surface area contributed by atoms with Crippen LogP contribution in [0.5, 0.6) is 0 Å². The van der Waals surface area contributed by atoms with Crippen LogP contribution in [0.25, 0.3) is 0 Å². The zero-order valence-corrected chi connectivity index (χ0v) is 24.5. The number of carbonyl (C=O) groups is 4. The lowest BCUT2D eigenvalue weighted by atomic mass is 10.0. The maximum atomic E-state index is 13.3. The summed E-state index contributed by atoms with van der Waals surface area (Å²) in [4.78, 5) is 54.5. The van der Waals surface area contributed by atoms with Gasteiger partial charge in [-0.2, -0.15) is 0 Å². The monoisotopic (exact) mass is 590 g/mol. The van der Waals surface area contributed by atoms with Crippen LogP contribution >= 0.6 is 0 Å². The molecule has 0 spiro atoms. The minimum Gasteiger partial charge on any atom is -0.370 e. The second-order valence-electron chi connectivity index (χ2n) is 10.2. The standard InChI is InChI=1S/C28H50N10O4/c29-13-4-1-11-22(26(41)35-15-6-3-10-21(25(32)40)38-28(33)34)37-27(42)23(12-2-5-14-30)36-24(39)17-19-8-7-9-20(16-19)18-31/h7-9,16,21-23H,1-6,10-15,17-18,29-31H2,(H2,32,40)(H,35,41)(H,36,39)(H,37,42)(H4,33,34,38)/t21-,22+,23+/m1/s1. The summed E-state index contributed by atoms with van der Waals surface area (Å²) >= 11 is 0. The summed E-state index contributed by atoms with van der Waals surface area (Å²) in [7, 11) is 0. The topological polar surface area (TPSA) is 273 Å². The maximum Gasteiger partial charge on any atom is 0.243 e. The number of nitrogens with one attached hydrogen (secondary N) is 3. The Morgan fingerprint density at radius 2 is 1.33 bits per heavy atom. The molecule has 0 fully saturated rings. The first-order chi connectivity index (χ1) is 20.1. The molecule has 42 heavy (non-hydrogen) atoms. The quantitative estimate of drug-likeness (QED) is 0.0423. The molecule has 3 atom stereocenters. The van der Waals surface area contributed by atoms with Crippen molar-refractivity contribution in [2.24, 2.45) is 39.4 Å². The molecule has 0 unspecified atom stereocenters. The number of rotatable bonds is 22. The third-order valence-electron chi connectivity index (χ3n) is 6.61. The number of benzene rings is 1. The fraction of sp³-hybridized carbons (Fsp3) is 0.607. The number of unbranched alkanes of at least 4 members (excludes halogenated alkanes) is 3. The van der Waals surface area contributed by atoms with Gasteiger partial charge in [0, 0.05) is 13.1 Å². The maximum absolute atomic E-state index is 13.3. The van der Waals surface area contributed by atoms with Gasteiger partial charge in [0.2, 0.25) is 23.6 Å². The number of carbonyl (C=O) groups excluding carboxylic acids is 4. The SMILES string of the molecule is NCCCC[C@H](NC(=O)Cc1cccc(CN)c1)C(=O)N[C@@H](CCCCN)C(=O)NCCCC[C@@H](N=C(N)N)C(N)=O. The van der Waals surface area contributed by atoms with E-state index in [-0.39, 0.29) is 24.2 Å². The van der Waals surface area contributed by atoms with Gasteiger partial charge in [-0.05, 0) is 82.0 Å². The van der Waals surface area contributed by atoms with Gasteiger partial charge in [0.1, 0.15) is 18.1 Å². The molecule has 0 aromatic heterocycles. The second kappa shape index (κ2) is 21.0. The first-order valence-corrected chi connectivity index (χ1v) is 14.5. The van der Waals surface area contributed by atoms with Crippen molar-refractivity contribution in [3.63, 3.8) is 0 Å². The molecule has 0 aliphatic heterocycles. The van der Waals surface area contributed by atoms with Crippen molar-refractivity contribution in [1.82, 2.24) is 16.0 Å². The van der Waals surface area contributed by atoms with Gasteiger partial charge >= 0.3 is 0 Å². The first-order valence-electron chi connectivity index (χ1n) is 14.5. The fourth-order valence-corrected chi connectivity index (χ4v) is 4.34. The first kappa shape index (κ1) is 36.3. The number of nitrogens with two attached hydrogens (primary N) is 6. The van der Waals surface area contributed by atoms with E-state index in [1.807, 2.05) is 24.3 Å². The molecule has 1 aromatic rings. The Bertz CT molecular complexity index is 1020. The van der Waals surface area contributed by atoms with Crippen molar-refractivity contribution in [2.75, 3.05) is 19.6 Å². The summed E-state index contributed by atoms with van der Waals surface area (Å²) in [5.74, 6) is -1.95. The molecular formula is C28H50N10O4. The molecule has 15 N–H and O–H groups in total. The molecule has 0 aliphatic carbocycles. The van der Waals surface area contributed by atoms with E-state index in [9.17, 15) is 19.2 Å². The summed E-state index contributed by atoms with van der Waals surface area (Å²) in [5.41, 5.74) is 34.7. The van der Waals surface area contributed by atoms with E-state index in [0.717, 1.165) is 11.1 Å². The lowest BCUT2D eigenvalue weighted by Crippen LogP contribution is -2.54. The summed E-state index contributed by atoms with van der Waals surface area (Å²) < 4.78 is 0. The Labute approximate surface area is 248 Å². The zero-order valence-electron chi connectivity index (χ0n) is 24.5. The van der Waals surface area contributed by atoms with E-state index >= 15 is 0 Å². The van der Waals surface area contributed by atoms with Crippen LogP contribution in [0, 0.1) is 0 Å². The van der Waals surface area contributed by atoms with E-state index in [2.05, 4.69) is 20.9 Å². The lowest BCUT2D eigenvalue weighted by molar-refractivity contribution is -0.132. The number of hydrogen-bond acceptors (Lipinski definition) is 8. The van der Waals surface area contributed by atoms with Crippen LogP contribution in [-0.4, -0.2) is 67.3 Å². The summed E-state index contributed by atoms with van der Waals surface area (Å²) in [5, 5.41) is 8.48. The molecule has 1 aromatic carbocycles. The molecule has 14 heteroatoms. The van der Waals surface area contributed by atoms with Crippen LogP contribution in [0.3, 0.4) is 0 Å². The van der Waals surface area contributed by atoms with Crippen LogP contribution in [0.1, 0.15) is 68.9 Å². The van der Waals surface area contributed by atoms with Crippen molar-refractivity contribution in [2.45, 2.75) is 88.9 Å². The van der Waals surface area contributed by atoms with Crippen LogP contribution in [0.15, 0.2) is 29.3 Å². The van der Waals surface area contributed by atoms with E-state index in [4.69, 9.17) is 34.4 Å². The highest BCUT2D eigenvalue weighted by Crippen LogP contribution is 2.09. The van der Waals surface area contributed by atoms with Gasteiger partial charge in [0.05, 0.1) is 6.42 Å². The number of guanidine groups is 1. The molecule has 0 saturated carbocycles. The highest BCUT2D eigenvalue weighted by Gasteiger charge is 2.26. The van der Waals surface area contributed by atoms with Gasteiger partial charge in [-0.3, -0.25) is 19.2 Å². The molecule has 0 aliphatic rings. The molecule has 0 heterocycles. The normalized spacial score (nSPS) is 12.9.